The molecule has 64 valence electrons. The Hall–Kier alpha value is 0.390. The van der Waals surface area contributed by atoms with Crippen LogP contribution in [0, 0.1) is 0 Å². The Morgan fingerprint density at radius 2 is 1.40 bits per heavy atom. The van der Waals surface area contributed by atoms with Crippen LogP contribution in [0.15, 0.2) is 0 Å². The summed E-state index contributed by atoms with van der Waals surface area (Å²) in [5.41, 5.74) is 0. The maximum atomic E-state index is 5.24. The predicted octanol–water partition coefficient (Wildman–Crippen LogP) is 2.40. The number of rotatable bonds is 5. The topological polar surface area (TPSA) is 9.23 Å². The zero-order chi connectivity index (χ0) is 8.04. The van der Waals surface area contributed by atoms with Crippen molar-refractivity contribution in [3.63, 3.8) is 0 Å². The molecule has 0 aliphatic carbocycles. The average molecular weight is 164 g/mol. The summed E-state index contributed by atoms with van der Waals surface area (Å²) >= 11 is 0. The standard InChI is InChI=1S/C8H21OP/c1-5-10(6-2,7-3)8-9-4/h10H,5-8H2,1-4H3. The van der Waals surface area contributed by atoms with Gasteiger partial charge in [0.1, 0.15) is 0 Å². The minimum atomic E-state index is -0.940. The predicted molar refractivity (Wildman–Crippen MR) is 51.8 cm³/mol. The van der Waals surface area contributed by atoms with Crippen LogP contribution in [0.25, 0.3) is 0 Å². The molecule has 0 bridgehead atoms. The van der Waals surface area contributed by atoms with E-state index in [4.69, 9.17) is 4.74 Å². The van der Waals surface area contributed by atoms with Crippen LogP contribution >= 0.6 is 7.26 Å². The van der Waals surface area contributed by atoms with E-state index in [1.807, 2.05) is 7.11 Å². The molecule has 0 saturated carbocycles. The van der Waals surface area contributed by atoms with E-state index in [1.165, 1.54) is 18.5 Å². The van der Waals surface area contributed by atoms with Crippen molar-refractivity contribution in [2.24, 2.45) is 0 Å². The molecule has 0 radical (unpaired) electrons. The van der Waals surface area contributed by atoms with Crippen LogP contribution in [0.3, 0.4) is 0 Å². The molecule has 0 saturated heterocycles. The zero-order valence-electron chi connectivity index (χ0n) is 7.74. The van der Waals surface area contributed by atoms with Gasteiger partial charge in [-0.05, 0) is 0 Å². The Labute approximate surface area is 65.5 Å². The average Bonchev–Trinajstić information content (AvgIpc) is 2.01. The third kappa shape index (κ3) is 2.56. The molecule has 0 fully saturated rings. The van der Waals surface area contributed by atoms with Gasteiger partial charge in [-0.3, -0.25) is 0 Å². The third-order valence-electron chi connectivity index (χ3n) is 2.70. The normalized spacial score (nSPS) is 13.6. The summed E-state index contributed by atoms with van der Waals surface area (Å²) in [6.07, 6.45) is 5.16. The Morgan fingerprint density at radius 3 is 1.50 bits per heavy atom. The van der Waals surface area contributed by atoms with E-state index in [0.717, 1.165) is 6.35 Å². The molecule has 0 aromatic heterocycles. The van der Waals surface area contributed by atoms with Crippen molar-refractivity contribution in [3.8, 4) is 0 Å². The second-order valence-electron chi connectivity index (χ2n) is 2.99. The quantitative estimate of drug-likeness (QED) is 0.567. The van der Waals surface area contributed by atoms with Crippen LogP contribution in [0.5, 0.6) is 0 Å². The Bertz CT molecular complexity index is 71.1. The molecule has 0 atom stereocenters. The zero-order valence-corrected chi connectivity index (χ0v) is 8.74. The fourth-order valence-corrected chi connectivity index (χ4v) is 4.09. The Morgan fingerprint density at radius 1 is 1.00 bits per heavy atom. The van der Waals surface area contributed by atoms with E-state index in [2.05, 4.69) is 20.8 Å². The molecule has 0 aliphatic heterocycles. The summed E-state index contributed by atoms with van der Waals surface area (Å²) in [5, 5.41) is 0. The first-order valence-corrected chi connectivity index (χ1v) is 7.06. The molecule has 0 unspecified atom stereocenters. The summed E-state index contributed by atoms with van der Waals surface area (Å²) in [6.45, 7) is 6.91. The van der Waals surface area contributed by atoms with Gasteiger partial charge in [-0.1, -0.05) is 0 Å². The molecule has 1 nitrogen and oxygen atoms in total. The van der Waals surface area contributed by atoms with Crippen molar-refractivity contribution in [2.75, 3.05) is 31.9 Å². The SMILES string of the molecule is CC[PH](CC)(CC)COC. The molecule has 0 heterocycles. The van der Waals surface area contributed by atoms with Gasteiger partial charge in [0, 0.05) is 0 Å². The minimum absolute atomic E-state index is 0.940. The van der Waals surface area contributed by atoms with Gasteiger partial charge < -0.3 is 0 Å². The molecule has 0 spiro atoms. The van der Waals surface area contributed by atoms with E-state index < -0.39 is 7.26 Å². The van der Waals surface area contributed by atoms with Gasteiger partial charge >= 0.3 is 64.7 Å². The molecule has 0 aromatic carbocycles. The maximum absolute atomic E-state index is 5.24. The molecule has 2 heteroatoms. The van der Waals surface area contributed by atoms with Gasteiger partial charge in [0.05, 0.1) is 0 Å². The number of hydrogen-bond donors (Lipinski definition) is 0. The molecular formula is C8H21OP. The Balaban J connectivity index is 3.87. The van der Waals surface area contributed by atoms with Crippen molar-refractivity contribution in [1.82, 2.24) is 0 Å². The summed E-state index contributed by atoms with van der Waals surface area (Å²) in [4.78, 5) is 0. The number of ether oxygens (including phenoxy) is 1. The summed E-state index contributed by atoms with van der Waals surface area (Å²) in [6, 6.07) is 0. The van der Waals surface area contributed by atoms with E-state index >= 15 is 0 Å². The van der Waals surface area contributed by atoms with E-state index in [-0.39, 0.29) is 0 Å². The van der Waals surface area contributed by atoms with Gasteiger partial charge in [-0.25, -0.2) is 0 Å². The summed E-state index contributed by atoms with van der Waals surface area (Å²) < 4.78 is 5.24. The second-order valence-corrected chi connectivity index (χ2v) is 8.40. The first-order valence-electron chi connectivity index (χ1n) is 4.23. The monoisotopic (exact) mass is 164 g/mol. The summed E-state index contributed by atoms with van der Waals surface area (Å²) in [7, 11) is 0.883. The second kappa shape index (κ2) is 5.09. The van der Waals surface area contributed by atoms with Gasteiger partial charge in [-0.2, -0.15) is 0 Å². The first-order chi connectivity index (χ1) is 4.74. The van der Waals surface area contributed by atoms with Crippen molar-refractivity contribution in [2.45, 2.75) is 20.8 Å². The van der Waals surface area contributed by atoms with Crippen molar-refractivity contribution >= 4 is 7.26 Å². The number of methoxy groups -OCH3 is 1. The van der Waals surface area contributed by atoms with E-state index in [9.17, 15) is 0 Å². The van der Waals surface area contributed by atoms with Crippen LogP contribution < -0.4 is 0 Å². The molecule has 0 rings (SSSR count). The van der Waals surface area contributed by atoms with E-state index in [1.54, 1.807) is 0 Å². The summed E-state index contributed by atoms with van der Waals surface area (Å²) in [5.74, 6) is 0. The molecule has 10 heavy (non-hydrogen) atoms. The van der Waals surface area contributed by atoms with Crippen LogP contribution in [0.4, 0.5) is 0 Å². The van der Waals surface area contributed by atoms with Gasteiger partial charge in [-0.15, -0.1) is 0 Å². The molecule has 0 aromatic rings. The van der Waals surface area contributed by atoms with Crippen LogP contribution in [0.1, 0.15) is 20.8 Å². The van der Waals surface area contributed by atoms with Crippen molar-refractivity contribution < 1.29 is 4.74 Å². The van der Waals surface area contributed by atoms with Gasteiger partial charge in [0.25, 0.3) is 0 Å². The molecule has 0 aliphatic rings. The van der Waals surface area contributed by atoms with Gasteiger partial charge in [0.2, 0.25) is 0 Å². The first kappa shape index (κ1) is 10.4. The van der Waals surface area contributed by atoms with Crippen LogP contribution in [-0.4, -0.2) is 31.9 Å². The third-order valence-corrected chi connectivity index (χ3v) is 8.10. The van der Waals surface area contributed by atoms with Gasteiger partial charge in [0.15, 0.2) is 0 Å². The number of hydrogen-bond acceptors (Lipinski definition) is 1. The fourth-order valence-electron chi connectivity index (χ4n) is 1.36. The van der Waals surface area contributed by atoms with Crippen LogP contribution in [0.2, 0.25) is 0 Å². The van der Waals surface area contributed by atoms with E-state index in [0.29, 0.717) is 0 Å². The molecule has 0 N–H and O–H groups in total. The fraction of sp³-hybridized carbons (Fsp3) is 1.00. The molecule has 0 amide bonds. The Kier molecular flexibility index (Phi) is 5.29. The molecular weight excluding hydrogens is 143 g/mol. The van der Waals surface area contributed by atoms with Crippen molar-refractivity contribution in [3.05, 3.63) is 0 Å². The van der Waals surface area contributed by atoms with Crippen LogP contribution in [-0.2, 0) is 4.74 Å². The van der Waals surface area contributed by atoms with Crippen molar-refractivity contribution in [1.29, 1.82) is 0 Å².